The van der Waals surface area contributed by atoms with Gasteiger partial charge in [-0.1, -0.05) is 12.1 Å². The number of nitrogens with one attached hydrogen (secondary N) is 1. The van der Waals surface area contributed by atoms with Gasteiger partial charge in [0.15, 0.2) is 0 Å². The first-order valence-electron chi connectivity index (χ1n) is 11.4. The van der Waals surface area contributed by atoms with Crippen molar-refractivity contribution in [2.75, 3.05) is 65.2 Å². The highest BCUT2D eigenvalue weighted by Gasteiger charge is 2.10. The Bertz CT molecular complexity index is 785. The number of benzene rings is 1. The maximum absolute atomic E-state index is 12.3. The van der Waals surface area contributed by atoms with Gasteiger partial charge in [0, 0.05) is 24.9 Å². The highest BCUT2D eigenvalue weighted by Crippen LogP contribution is 2.18. The standard InChI is InChI=1S/C24H37N3O5S/c1-20-18-26-27(19-20)21(2)22-4-6-23(7-5-22)24(28)25-8-10-30-12-14-32-16-15-31-13-11-29-9-3-17-33/h4-7,18-19,21,33H,3,8-17H2,1-2H3,(H,25,28). The molecule has 8 nitrogen and oxygen atoms in total. The van der Waals surface area contributed by atoms with E-state index in [1.54, 1.807) is 0 Å². The minimum Gasteiger partial charge on any atom is -0.379 e. The number of ether oxygens (including phenoxy) is 4. The summed E-state index contributed by atoms with van der Waals surface area (Å²) in [6.45, 7) is 8.88. The van der Waals surface area contributed by atoms with Gasteiger partial charge in [-0.15, -0.1) is 0 Å². The molecule has 2 rings (SSSR count). The highest BCUT2D eigenvalue weighted by atomic mass is 32.1. The third-order valence-corrected chi connectivity index (χ3v) is 5.19. The summed E-state index contributed by atoms with van der Waals surface area (Å²) in [5, 5.41) is 7.22. The zero-order valence-electron chi connectivity index (χ0n) is 19.7. The molecule has 1 aromatic carbocycles. The van der Waals surface area contributed by atoms with Crippen molar-refractivity contribution in [2.24, 2.45) is 0 Å². The van der Waals surface area contributed by atoms with Crippen LogP contribution in [0.1, 0.15) is 40.9 Å². The fraction of sp³-hybridized carbons (Fsp3) is 0.583. The van der Waals surface area contributed by atoms with Crippen LogP contribution in [0.2, 0.25) is 0 Å². The molecule has 0 saturated heterocycles. The molecule has 1 N–H and O–H groups in total. The van der Waals surface area contributed by atoms with Crippen LogP contribution in [0.15, 0.2) is 36.7 Å². The van der Waals surface area contributed by atoms with Crippen LogP contribution in [-0.4, -0.2) is 80.8 Å². The number of rotatable bonds is 18. The molecule has 9 heteroatoms. The zero-order chi connectivity index (χ0) is 23.7. The molecule has 0 fully saturated rings. The maximum Gasteiger partial charge on any atom is 0.251 e. The fourth-order valence-corrected chi connectivity index (χ4v) is 3.11. The fourth-order valence-electron chi connectivity index (χ4n) is 2.98. The Balaban J connectivity index is 1.47. The molecule has 0 radical (unpaired) electrons. The van der Waals surface area contributed by atoms with E-state index in [0.29, 0.717) is 58.4 Å². The quantitative estimate of drug-likeness (QED) is 0.253. The number of thiol groups is 1. The van der Waals surface area contributed by atoms with Gasteiger partial charge in [0.05, 0.1) is 58.5 Å². The first-order chi connectivity index (χ1) is 16.1. The summed E-state index contributed by atoms with van der Waals surface area (Å²) in [6.07, 6.45) is 4.80. The topological polar surface area (TPSA) is 83.8 Å². The van der Waals surface area contributed by atoms with Crippen molar-refractivity contribution < 1.29 is 23.7 Å². The summed E-state index contributed by atoms with van der Waals surface area (Å²) >= 11 is 4.12. The van der Waals surface area contributed by atoms with Crippen molar-refractivity contribution in [1.82, 2.24) is 15.1 Å². The minimum atomic E-state index is -0.115. The van der Waals surface area contributed by atoms with Gasteiger partial charge in [-0.05, 0) is 49.3 Å². The molecule has 0 saturated carbocycles. The molecule has 1 unspecified atom stereocenters. The first-order valence-corrected chi connectivity index (χ1v) is 12.1. The van der Waals surface area contributed by atoms with Crippen molar-refractivity contribution in [3.63, 3.8) is 0 Å². The SMILES string of the molecule is Cc1cnn(C(C)c2ccc(C(=O)NCCOCCOCCOCCOCCCS)cc2)c1. The third kappa shape index (κ3) is 11.2. The molecule has 1 heterocycles. The van der Waals surface area contributed by atoms with Crippen LogP contribution < -0.4 is 5.32 Å². The van der Waals surface area contributed by atoms with Crippen LogP contribution in [0, 0.1) is 6.92 Å². The first kappa shape index (κ1) is 27.3. The molecule has 1 atom stereocenters. The van der Waals surface area contributed by atoms with Crippen LogP contribution in [0.5, 0.6) is 0 Å². The van der Waals surface area contributed by atoms with E-state index >= 15 is 0 Å². The lowest BCUT2D eigenvalue weighted by atomic mass is 10.1. The molecular formula is C24H37N3O5S. The van der Waals surface area contributed by atoms with Crippen LogP contribution in [0.3, 0.4) is 0 Å². The molecule has 2 aromatic rings. The number of carbonyl (C=O) groups is 1. The lowest BCUT2D eigenvalue weighted by Gasteiger charge is -2.13. The Morgan fingerprint density at radius 2 is 1.55 bits per heavy atom. The van der Waals surface area contributed by atoms with E-state index in [-0.39, 0.29) is 11.9 Å². The van der Waals surface area contributed by atoms with Crippen LogP contribution >= 0.6 is 12.6 Å². The van der Waals surface area contributed by atoms with Crippen molar-refractivity contribution in [3.8, 4) is 0 Å². The largest absolute Gasteiger partial charge is 0.379 e. The Hall–Kier alpha value is -1.91. The average molecular weight is 480 g/mol. The molecule has 0 bridgehead atoms. The van der Waals surface area contributed by atoms with E-state index in [1.165, 1.54) is 0 Å². The van der Waals surface area contributed by atoms with Crippen LogP contribution in [-0.2, 0) is 18.9 Å². The van der Waals surface area contributed by atoms with Crippen molar-refractivity contribution >= 4 is 18.5 Å². The summed E-state index contributed by atoms with van der Waals surface area (Å²) in [7, 11) is 0. The molecule has 1 aromatic heterocycles. The van der Waals surface area contributed by atoms with Crippen molar-refractivity contribution in [1.29, 1.82) is 0 Å². The second kappa shape index (κ2) is 16.7. The Morgan fingerprint density at radius 3 is 2.09 bits per heavy atom. The van der Waals surface area contributed by atoms with E-state index in [0.717, 1.165) is 29.9 Å². The van der Waals surface area contributed by atoms with Gasteiger partial charge in [0.1, 0.15) is 0 Å². The predicted octanol–water partition coefficient (Wildman–Crippen LogP) is 2.92. The number of aromatic nitrogens is 2. The smallest absolute Gasteiger partial charge is 0.251 e. The number of aryl methyl sites for hydroxylation is 1. The van der Waals surface area contributed by atoms with Crippen LogP contribution in [0.4, 0.5) is 0 Å². The molecule has 33 heavy (non-hydrogen) atoms. The van der Waals surface area contributed by atoms with Crippen molar-refractivity contribution in [3.05, 3.63) is 53.3 Å². The van der Waals surface area contributed by atoms with E-state index < -0.39 is 0 Å². The molecule has 0 aliphatic rings. The average Bonchev–Trinajstić information content (AvgIpc) is 3.27. The summed E-state index contributed by atoms with van der Waals surface area (Å²) < 4.78 is 23.6. The van der Waals surface area contributed by atoms with E-state index in [4.69, 9.17) is 18.9 Å². The highest BCUT2D eigenvalue weighted by molar-refractivity contribution is 7.80. The second-order valence-electron chi connectivity index (χ2n) is 7.58. The van der Waals surface area contributed by atoms with Gasteiger partial charge in [-0.25, -0.2) is 0 Å². The van der Waals surface area contributed by atoms with Gasteiger partial charge in [-0.2, -0.15) is 17.7 Å². The third-order valence-electron chi connectivity index (χ3n) is 4.88. The van der Waals surface area contributed by atoms with Gasteiger partial charge in [0.2, 0.25) is 0 Å². The maximum atomic E-state index is 12.3. The van der Waals surface area contributed by atoms with Gasteiger partial charge >= 0.3 is 0 Å². The van der Waals surface area contributed by atoms with E-state index in [2.05, 4.69) is 30.0 Å². The minimum absolute atomic E-state index is 0.111. The molecular weight excluding hydrogens is 442 g/mol. The predicted molar refractivity (Wildman–Crippen MR) is 131 cm³/mol. The number of amides is 1. The van der Waals surface area contributed by atoms with Crippen LogP contribution in [0.25, 0.3) is 0 Å². The Morgan fingerprint density at radius 1 is 0.970 bits per heavy atom. The number of nitrogens with zero attached hydrogens (tertiary/aromatic N) is 2. The molecule has 0 aliphatic heterocycles. The summed E-state index contributed by atoms with van der Waals surface area (Å²) in [5.74, 6) is 0.722. The van der Waals surface area contributed by atoms with E-state index in [9.17, 15) is 4.79 Å². The molecule has 1 amide bonds. The van der Waals surface area contributed by atoms with Gasteiger partial charge in [0.25, 0.3) is 5.91 Å². The Kier molecular flexibility index (Phi) is 13.8. The molecule has 0 spiro atoms. The summed E-state index contributed by atoms with van der Waals surface area (Å²) in [5.41, 5.74) is 2.84. The Labute approximate surface area is 202 Å². The second-order valence-corrected chi connectivity index (χ2v) is 8.03. The molecule has 0 aliphatic carbocycles. The molecule has 184 valence electrons. The van der Waals surface area contributed by atoms with Gasteiger partial charge in [-0.3, -0.25) is 9.48 Å². The normalized spacial score (nSPS) is 12.1. The monoisotopic (exact) mass is 479 g/mol. The number of carbonyl (C=O) groups excluding carboxylic acids is 1. The van der Waals surface area contributed by atoms with Crippen molar-refractivity contribution in [2.45, 2.75) is 26.3 Å². The zero-order valence-corrected chi connectivity index (χ0v) is 20.6. The number of hydrogen-bond donors (Lipinski definition) is 2. The van der Waals surface area contributed by atoms with Gasteiger partial charge < -0.3 is 24.3 Å². The summed E-state index contributed by atoms with van der Waals surface area (Å²) in [4.78, 5) is 12.3. The lowest BCUT2D eigenvalue weighted by molar-refractivity contribution is -0.00124. The number of hydrogen-bond acceptors (Lipinski definition) is 7. The summed E-state index contributed by atoms with van der Waals surface area (Å²) in [6, 6.07) is 7.71. The van der Waals surface area contributed by atoms with E-state index in [1.807, 2.05) is 48.3 Å². The lowest BCUT2D eigenvalue weighted by Crippen LogP contribution is -2.27.